The van der Waals surface area contributed by atoms with Crippen LogP contribution >= 0.6 is 12.4 Å². The van der Waals surface area contributed by atoms with Crippen LogP contribution in [0.5, 0.6) is 0 Å². The summed E-state index contributed by atoms with van der Waals surface area (Å²) in [6.07, 6.45) is 6.24. The molecule has 1 fully saturated rings. The van der Waals surface area contributed by atoms with Crippen LogP contribution in [0.15, 0.2) is 18.5 Å². The molecule has 1 aliphatic rings. The zero-order valence-electron chi connectivity index (χ0n) is 11.3. The highest BCUT2D eigenvalue weighted by Crippen LogP contribution is 2.11. The van der Waals surface area contributed by atoms with E-state index in [4.69, 9.17) is 0 Å². The fraction of sp³-hybridized carbons (Fsp3) is 0.615. The fourth-order valence-corrected chi connectivity index (χ4v) is 2.10. The first kappa shape index (κ1) is 15.7. The lowest BCUT2D eigenvalue weighted by atomic mass is 10.2. The van der Waals surface area contributed by atoms with Gasteiger partial charge in [-0.1, -0.05) is 13.3 Å². The summed E-state index contributed by atoms with van der Waals surface area (Å²) in [5, 5.41) is 0. The number of hydrogen-bond acceptors (Lipinski definition) is 4. The number of rotatable bonds is 4. The smallest absolute Gasteiger partial charge is 0.225 e. The molecule has 1 saturated heterocycles. The Morgan fingerprint density at radius 2 is 1.84 bits per heavy atom. The van der Waals surface area contributed by atoms with E-state index in [0.717, 1.165) is 45.0 Å². The van der Waals surface area contributed by atoms with Crippen LogP contribution in [0.3, 0.4) is 0 Å². The van der Waals surface area contributed by atoms with Crippen molar-refractivity contribution in [2.45, 2.75) is 26.2 Å². The molecule has 19 heavy (non-hydrogen) atoms. The number of hydrogen-bond donors (Lipinski definition) is 0. The van der Waals surface area contributed by atoms with Crippen LogP contribution in [0.4, 0.5) is 5.95 Å². The Balaban J connectivity index is 0.00000180. The van der Waals surface area contributed by atoms with Gasteiger partial charge in [-0.15, -0.1) is 12.4 Å². The molecule has 1 aromatic rings. The van der Waals surface area contributed by atoms with E-state index in [2.05, 4.69) is 21.8 Å². The summed E-state index contributed by atoms with van der Waals surface area (Å²) in [6.45, 7) is 5.31. The van der Waals surface area contributed by atoms with Crippen LogP contribution in [0, 0.1) is 0 Å². The van der Waals surface area contributed by atoms with E-state index in [9.17, 15) is 4.79 Å². The van der Waals surface area contributed by atoms with Crippen molar-refractivity contribution >= 4 is 24.3 Å². The number of amides is 1. The molecule has 1 aliphatic heterocycles. The Labute approximate surface area is 120 Å². The molecular formula is C13H21ClN4O. The highest BCUT2D eigenvalue weighted by molar-refractivity contribution is 5.85. The average molecular weight is 285 g/mol. The second kappa shape index (κ2) is 7.94. The van der Waals surface area contributed by atoms with Crippen molar-refractivity contribution in [3.8, 4) is 0 Å². The minimum absolute atomic E-state index is 0. The van der Waals surface area contributed by atoms with E-state index in [0.29, 0.717) is 6.42 Å². The van der Waals surface area contributed by atoms with Crippen LogP contribution in [0.25, 0.3) is 0 Å². The maximum atomic E-state index is 11.9. The van der Waals surface area contributed by atoms with Crippen LogP contribution in [0.2, 0.25) is 0 Å². The second-order valence-electron chi connectivity index (χ2n) is 4.52. The molecule has 0 aromatic carbocycles. The highest BCUT2D eigenvalue weighted by atomic mass is 35.5. The van der Waals surface area contributed by atoms with Gasteiger partial charge in [0.05, 0.1) is 0 Å². The lowest BCUT2D eigenvalue weighted by Gasteiger charge is -2.34. The maximum absolute atomic E-state index is 11.9. The van der Waals surface area contributed by atoms with Crippen LogP contribution in [0.1, 0.15) is 26.2 Å². The van der Waals surface area contributed by atoms with Crippen molar-refractivity contribution < 1.29 is 4.79 Å². The molecule has 1 amide bonds. The van der Waals surface area contributed by atoms with Gasteiger partial charge in [0.1, 0.15) is 0 Å². The third-order valence-electron chi connectivity index (χ3n) is 3.21. The number of carbonyl (C=O) groups excluding carboxylic acids is 1. The normalized spacial score (nSPS) is 15.0. The molecule has 5 nitrogen and oxygen atoms in total. The van der Waals surface area contributed by atoms with Crippen molar-refractivity contribution in [2.75, 3.05) is 31.1 Å². The Morgan fingerprint density at radius 1 is 1.21 bits per heavy atom. The van der Waals surface area contributed by atoms with Crippen LogP contribution in [-0.4, -0.2) is 47.0 Å². The van der Waals surface area contributed by atoms with Gasteiger partial charge in [-0.2, -0.15) is 0 Å². The first-order chi connectivity index (χ1) is 8.81. The maximum Gasteiger partial charge on any atom is 0.225 e. The minimum atomic E-state index is 0. The molecule has 0 unspecified atom stereocenters. The molecule has 0 N–H and O–H groups in total. The number of nitrogens with zero attached hydrogens (tertiary/aromatic N) is 4. The molecular weight excluding hydrogens is 264 g/mol. The molecule has 1 aromatic heterocycles. The third-order valence-corrected chi connectivity index (χ3v) is 3.21. The number of carbonyl (C=O) groups is 1. The number of unbranched alkanes of at least 4 members (excludes halogenated alkanes) is 1. The van der Waals surface area contributed by atoms with E-state index >= 15 is 0 Å². The van der Waals surface area contributed by atoms with Gasteiger partial charge in [-0.05, 0) is 12.5 Å². The summed E-state index contributed by atoms with van der Waals surface area (Å²) < 4.78 is 0. The number of anilines is 1. The van der Waals surface area contributed by atoms with Gasteiger partial charge in [0, 0.05) is 45.0 Å². The molecule has 0 atom stereocenters. The Morgan fingerprint density at radius 3 is 2.42 bits per heavy atom. The quantitative estimate of drug-likeness (QED) is 0.845. The first-order valence-corrected chi connectivity index (χ1v) is 6.61. The standard InChI is InChI=1S/C13H20N4O.ClH/c1-2-3-5-12(18)16-8-10-17(11-9-16)13-14-6-4-7-15-13;/h4,6-7H,2-3,5,8-11H2,1H3;1H. The lowest BCUT2D eigenvalue weighted by Crippen LogP contribution is -2.49. The predicted molar refractivity (Wildman–Crippen MR) is 77.6 cm³/mol. The first-order valence-electron chi connectivity index (χ1n) is 6.61. The van der Waals surface area contributed by atoms with E-state index in [1.165, 1.54) is 0 Å². The summed E-state index contributed by atoms with van der Waals surface area (Å²) in [5.74, 6) is 1.05. The summed E-state index contributed by atoms with van der Waals surface area (Å²) in [4.78, 5) is 24.4. The zero-order chi connectivity index (χ0) is 12.8. The van der Waals surface area contributed by atoms with E-state index < -0.39 is 0 Å². The van der Waals surface area contributed by atoms with Gasteiger partial charge in [0.15, 0.2) is 0 Å². The summed E-state index contributed by atoms with van der Waals surface area (Å²) in [6, 6.07) is 1.81. The molecule has 0 saturated carbocycles. The Hall–Kier alpha value is -1.36. The van der Waals surface area contributed by atoms with Gasteiger partial charge in [0.25, 0.3) is 0 Å². The highest BCUT2D eigenvalue weighted by Gasteiger charge is 2.21. The van der Waals surface area contributed by atoms with Gasteiger partial charge >= 0.3 is 0 Å². The van der Waals surface area contributed by atoms with Gasteiger partial charge in [-0.25, -0.2) is 9.97 Å². The fourth-order valence-electron chi connectivity index (χ4n) is 2.10. The number of halogens is 1. The van der Waals surface area contributed by atoms with Gasteiger partial charge in [-0.3, -0.25) is 4.79 Å². The summed E-state index contributed by atoms with van der Waals surface area (Å²) >= 11 is 0. The predicted octanol–water partition coefficient (Wildman–Crippen LogP) is 1.74. The molecule has 2 heterocycles. The molecule has 0 radical (unpaired) electrons. The van der Waals surface area contributed by atoms with Gasteiger partial charge < -0.3 is 9.80 Å². The molecule has 0 aliphatic carbocycles. The van der Waals surface area contributed by atoms with Crippen molar-refractivity contribution in [1.82, 2.24) is 14.9 Å². The zero-order valence-corrected chi connectivity index (χ0v) is 12.1. The van der Waals surface area contributed by atoms with E-state index in [1.54, 1.807) is 12.4 Å². The number of aromatic nitrogens is 2. The summed E-state index contributed by atoms with van der Waals surface area (Å²) in [5.41, 5.74) is 0. The van der Waals surface area contributed by atoms with Crippen LogP contribution in [-0.2, 0) is 4.79 Å². The average Bonchev–Trinajstić information content (AvgIpc) is 2.46. The van der Waals surface area contributed by atoms with Gasteiger partial charge in [0.2, 0.25) is 11.9 Å². The molecule has 0 bridgehead atoms. The van der Waals surface area contributed by atoms with Crippen molar-refractivity contribution in [2.24, 2.45) is 0 Å². The van der Waals surface area contributed by atoms with E-state index in [1.807, 2.05) is 11.0 Å². The van der Waals surface area contributed by atoms with E-state index in [-0.39, 0.29) is 18.3 Å². The number of piperazine rings is 1. The van der Waals surface area contributed by atoms with Crippen molar-refractivity contribution in [3.05, 3.63) is 18.5 Å². The second-order valence-corrected chi connectivity index (χ2v) is 4.52. The largest absolute Gasteiger partial charge is 0.339 e. The van der Waals surface area contributed by atoms with Crippen molar-refractivity contribution in [1.29, 1.82) is 0 Å². The summed E-state index contributed by atoms with van der Waals surface area (Å²) in [7, 11) is 0. The Bertz CT molecular complexity index is 379. The SMILES string of the molecule is CCCCC(=O)N1CCN(c2ncccn2)CC1.Cl. The topological polar surface area (TPSA) is 49.3 Å². The Kier molecular flexibility index (Phi) is 6.56. The molecule has 2 rings (SSSR count). The molecule has 106 valence electrons. The van der Waals surface area contributed by atoms with Crippen molar-refractivity contribution in [3.63, 3.8) is 0 Å². The third kappa shape index (κ3) is 4.35. The monoisotopic (exact) mass is 284 g/mol. The molecule has 6 heteroatoms. The minimum Gasteiger partial charge on any atom is -0.339 e. The molecule has 0 spiro atoms. The van der Waals surface area contributed by atoms with Crippen LogP contribution < -0.4 is 4.90 Å². The lowest BCUT2D eigenvalue weighted by molar-refractivity contribution is -0.131.